The van der Waals surface area contributed by atoms with Gasteiger partial charge in [0.15, 0.2) is 11.6 Å². The number of aromatic nitrogens is 8. The molecule has 0 saturated heterocycles. The van der Waals surface area contributed by atoms with Gasteiger partial charge in [-0.3, -0.25) is 4.79 Å². The molecule has 0 spiro atoms. The molecule has 0 unspecified atom stereocenters. The number of carbonyl (C=O) groups excluding carboxylic acids is 1. The smallest absolute Gasteiger partial charge is 1.00 e. The Hall–Kier alpha value is -1.05. The van der Waals surface area contributed by atoms with Crippen molar-refractivity contribution in [2.75, 3.05) is 75.7 Å². The maximum Gasteiger partial charge on any atom is 1.00 e. The Kier molecular flexibility index (Phi) is 27.0. The standard InChI is InChI=1S/C18H19BrClN6OP.C14H19N4OP.C4HBrCl2N2.CH2O3.2K.H/c1-26(2)16-8-7-13(24-25-16)11-5-6-14(15(9-11)28(3,4)27)22-17-12(19)10-21-18(20)23-17;1-18(2)14-8-7-12(16-17-14)10-5-6-11(15)13(9-10)20(3,4)19;5-2-1-8-4(7)9-3(2)6;2-1-4-3;;;/h5-10H,1-4H3,(H,21,22,23);5-9H,15H2,1-4H3;1H;1,3H;;;/q;;;;2*+1;-1/p-1. The third kappa shape index (κ3) is 19.6. The third-order valence-corrected chi connectivity index (χ3v) is 12.8. The van der Waals surface area contributed by atoms with Crippen molar-refractivity contribution in [1.29, 1.82) is 0 Å². The van der Waals surface area contributed by atoms with E-state index < -0.39 is 14.3 Å². The first-order chi connectivity index (χ1) is 28.5. The fourth-order valence-electron chi connectivity index (χ4n) is 4.73. The van der Waals surface area contributed by atoms with Gasteiger partial charge in [-0.25, -0.2) is 15.0 Å². The molecule has 0 radical (unpaired) electrons. The van der Waals surface area contributed by atoms with E-state index >= 15 is 0 Å². The van der Waals surface area contributed by atoms with Crippen molar-refractivity contribution in [3.05, 3.63) is 97.7 Å². The normalized spacial score (nSPS) is 10.4. The molecule has 17 nitrogen and oxygen atoms in total. The molecule has 0 saturated carbocycles. The Balaban J connectivity index is 0.000000960. The van der Waals surface area contributed by atoms with Crippen molar-refractivity contribution in [3.63, 3.8) is 0 Å². The van der Waals surface area contributed by atoms with Crippen LogP contribution in [-0.2, 0) is 18.8 Å². The van der Waals surface area contributed by atoms with Crippen LogP contribution in [0.15, 0.2) is 82.0 Å². The summed E-state index contributed by atoms with van der Waals surface area (Å²) in [5, 5.41) is 30.4. The summed E-state index contributed by atoms with van der Waals surface area (Å²) in [5.41, 5.74) is 10.3. The van der Waals surface area contributed by atoms with Crippen LogP contribution in [-0.4, -0.2) is 102 Å². The summed E-state index contributed by atoms with van der Waals surface area (Å²) in [5.74, 6) is 2.06. The van der Waals surface area contributed by atoms with Crippen molar-refractivity contribution in [1.82, 2.24) is 40.3 Å². The van der Waals surface area contributed by atoms with Crippen LogP contribution < -0.4 is 139 Å². The molecular formula is C37H41Br2Cl3K2N12O5P2. The van der Waals surface area contributed by atoms with Crippen LogP contribution in [0.3, 0.4) is 0 Å². The minimum atomic E-state index is -2.60. The zero-order chi connectivity index (χ0) is 45.7. The molecule has 0 bridgehead atoms. The number of nitrogen functional groups attached to an aromatic ring is 1. The van der Waals surface area contributed by atoms with E-state index in [4.69, 9.17) is 50.6 Å². The number of hydrogen-bond acceptors (Lipinski definition) is 17. The van der Waals surface area contributed by atoms with E-state index in [-0.39, 0.29) is 121 Å². The molecule has 2 aromatic carbocycles. The molecule has 0 atom stereocenters. The fourth-order valence-corrected chi connectivity index (χ4v) is 7.96. The van der Waals surface area contributed by atoms with E-state index in [1.165, 1.54) is 6.20 Å². The van der Waals surface area contributed by atoms with E-state index in [1.807, 2.05) is 92.6 Å². The molecular weight excluding hydrogens is 1100 g/mol. The molecule has 0 aliphatic rings. The van der Waals surface area contributed by atoms with Crippen LogP contribution in [0.5, 0.6) is 0 Å². The van der Waals surface area contributed by atoms with Gasteiger partial charge in [-0.05, 0) is 130 Å². The van der Waals surface area contributed by atoms with Crippen molar-refractivity contribution in [3.8, 4) is 22.5 Å². The van der Waals surface area contributed by atoms with Crippen LogP contribution in [0.1, 0.15) is 1.43 Å². The average Bonchev–Trinajstić information content (AvgIpc) is 3.21. The summed E-state index contributed by atoms with van der Waals surface area (Å²) >= 11 is 23.3. The number of anilines is 5. The van der Waals surface area contributed by atoms with Crippen LogP contribution in [0.2, 0.25) is 15.7 Å². The van der Waals surface area contributed by atoms with E-state index in [0.717, 1.165) is 28.5 Å². The third-order valence-electron chi connectivity index (χ3n) is 7.68. The molecule has 326 valence electrons. The monoisotopic (exact) mass is 1140 g/mol. The molecule has 26 heteroatoms. The Bertz CT molecular complexity index is 2540. The molecule has 6 aromatic rings. The van der Waals surface area contributed by atoms with Crippen LogP contribution in [0, 0.1) is 0 Å². The minimum absolute atomic E-state index is 0. The van der Waals surface area contributed by atoms with Gasteiger partial charge in [0, 0.05) is 68.0 Å². The topological polar surface area (TPSA) is 231 Å². The second-order valence-electron chi connectivity index (χ2n) is 13.5. The maximum absolute atomic E-state index is 13.0. The van der Waals surface area contributed by atoms with Crippen molar-refractivity contribution in [2.24, 2.45) is 0 Å². The number of halogens is 5. The number of benzene rings is 2. The summed E-state index contributed by atoms with van der Waals surface area (Å²) < 4.78 is 26.5. The molecule has 63 heavy (non-hydrogen) atoms. The number of nitrogens with zero attached hydrogens (tertiary/aromatic N) is 10. The van der Waals surface area contributed by atoms with Crippen molar-refractivity contribution >= 4 is 127 Å². The number of hydrogen-bond donors (Lipinski definition) is 2. The molecule has 0 amide bonds. The van der Waals surface area contributed by atoms with E-state index in [0.29, 0.717) is 47.6 Å². The van der Waals surface area contributed by atoms with Gasteiger partial charge >= 0.3 is 103 Å². The molecule has 0 aliphatic carbocycles. The number of nitrogens with one attached hydrogen (secondary N) is 1. The first-order valence-corrected chi connectivity index (χ1v) is 25.2. The predicted molar refractivity (Wildman–Crippen MR) is 252 cm³/mol. The molecule has 4 aromatic heterocycles. The van der Waals surface area contributed by atoms with Gasteiger partial charge in [-0.15, -0.1) is 20.4 Å². The number of nitrogens with two attached hydrogens (primary N) is 1. The average molecular weight is 1140 g/mol. The Morgan fingerprint density at radius 3 is 1.56 bits per heavy atom. The second-order valence-corrected chi connectivity index (χ2v) is 22.6. The Labute approximate surface area is 484 Å². The summed E-state index contributed by atoms with van der Waals surface area (Å²) in [7, 11) is 2.63. The van der Waals surface area contributed by atoms with Crippen LogP contribution >= 0.6 is 80.9 Å². The van der Waals surface area contributed by atoms with E-state index in [9.17, 15) is 9.13 Å². The van der Waals surface area contributed by atoms with Crippen molar-refractivity contribution in [2.45, 2.75) is 0 Å². The summed E-state index contributed by atoms with van der Waals surface area (Å²) in [4.78, 5) is 30.4. The Morgan fingerprint density at radius 2 is 1.16 bits per heavy atom. The number of carbonyl (C=O) groups is 1. The zero-order valence-corrected chi connectivity index (χ0v) is 49.4. The Morgan fingerprint density at radius 1 is 0.714 bits per heavy atom. The zero-order valence-electron chi connectivity index (χ0n) is 36.9. The largest absolute Gasteiger partial charge is 1.00 e. The van der Waals surface area contributed by atoms with Gasteiger partial charge in [0.1, 0.15) is 25.3 Å². The fraction of sp³-hybridized carbons (Fsp3) is 0.216. The van der Waals surface area contributed by atoms with Gasteiger partial charge in [0.25, 0.3) is 6.47 Å². The van der Waals surface area contributed by atoms with Gasteiger partial charge in [-0.2, -0.15) is 4.98 Å². The second kappa shape index (κ2) is 28.3. The predicted octanol–water partition coefficient (Wildman–Crippen LogP) is 1.55. The van der Waals surface area contributed by atoms with Gasteiger partial charge < -0.3 is 41.6 Å². The SMILES string of the molecule is CN(C)c1ccc(-c2ccc(N)c(P(C)(C)=O)c2)nn1.CN(C)c1ccc(-c2ccc(Nc3nc(Cl)ncc3Br)c(P(C)(C)=O)c2)nn1.Clc1ncc(Br)c(Cl)n1.O=CO[O-].[H-].[K+].[K+]. The van der Waals surface area contributed by atoms with Gasteiger partial charge in [0.05, 0.1) is 26.0 Å². The minimum Gasteiger partial charge on any atom is -1.00 e. The maximum atomic E-state index is 13.0. The van der Waals surface area contributed by atoms with Crippen LogP contribution in [0.25, 0.3) is 22.5 Å². The van der Waals surface area contributed by atoms with E-state index in [2.05, 4.69) is 82.4 Å². The molecule has 6 rings (SSSR count). The summed E-state index contributed by atoms with van der Waals surface area (Å²) in [6.07, 6.45) is 3.06. The van der Waals surface area contributed by atoms with Crippen LogP contribution in [0.4, 0.5) is 28.8 Å². The van der Waals surface area contributed by atoms with Gasteiger partial charge in [-0.1, -0.05) is 23.7 Å². The van der Waals surface area contributed by atoms with E-state index in [1.54, 1.807) is 38.9 Å². The molecule has 3 N–H and O–H groups in total. The molecule has 4 heterocycles. The van der Waals surface area contributed by atoms with Gasteiger partial charge in [0.2, 0.25) is 10.6 Å². The molecule has 0 fully saturated rings. The number of rotatable bonds is 9. The summed E-state index contributed by atoms with van der Waals surface area (Å²) in [6.45, 7) is 6.69. The first kappa shape index (κ1) is 60.0. The molecule has 0 aliphatic heterocycles. The first-order valence-electron chi connectivity index (χ1n) is 17.2. The van der Waals surface area contributed by atoms with Crippen molar-refractivity contribution < 1.29 is 128 Å². The quantitative estimate of drug-likeness (QED) is 0.0306. The summed E-state index contributed by atoms with van der Waals surface area (Å²) in [6, 6.07) is 18.7.